The topological polar surface area (TPSA) is 69.7 Å². The molecule has 1 aliphatic heterocycles. The van der Waals surface area contributed by atoms with Crippen molar-refractivity contribution in [1.29, 1.82) is 0 Å². The van der Waals surface area contributed by atoms with Gasteiger partial charge in [0.2, 0.25) is 10.0 Å². The fraction of sp³-hybridized carbons (Fsp3) is 0.409. The molecule has 3 rings (SSSR count). The molecule has 1 saturated heterocycles. The Morgan fingerprint density at radius 3 is 2.27 bits per heavy atom. The standard InChI is InChI=1S/C22H29N3O3S2/c1-30(27,28)25-14-12-24(13-15-25)17-19-7-9-21(10-8-19)22(26)23-11-16-29-18-20-5-3-2-4-6-20/h2-10H,11-18H2,1H3,(H,23,26). The van der Waals surface area contributed by atoms with Crippen LogP contribution in [0, 0.1) is 0 Å². The Morgan fingerprint density at radius 1 is 0.967 bits per heavy atom. The van der Waals surface area contributed by atoms with Crippen LogP contribution in [0.1, 0.15) is 21.5 Å². The summed E-state index contributed by atoms with van der Waals surface area (Å²) in [7, 11) is -3.10. The molecule has 6 nitrogen and oxygen atoms in total. The molecule has 0 radical (unpaired) electrons. The summed E-state index contributed by atoms with van der Waals surface area (Å²) in [5, 5.41) is 2.97. The quantitative estimate of drug-likeness (QED) is 0.598. The van der Waals surface area contributed by atoms with Gasteiger partial charge in [-0.2, -0.15) is 16.1 Å². The summed E-state index contributed by atoms with van der Waals surface area (Å²) in [5.41, 5.74) is 3.08. The van der Waals surface area contributed by atoms with E-state index in [-0.39, 0.29) is 5.91 Å². The van der Waals surface area contributed by atoms with E-state index >= 15 is 0 Å². The van der Waals surface area contributed by atoms with E-state index in [1.54, 1.807) is 11.8 Å². The molecular weight excluding hydrogens is 418 g/mol. The number of amides is 1. The van der Waals surface area contributed by atoms with Crippen LogP contribution >= 0.6 is 11.8 Å². The van der Waals surface area contributed by atoms with Gasteiger partial charge >= 0.3 is 0 Å². The van der Waals surface area contributed by atoms with E-state index in [0.29, 0.717) is 25.2 Å². The summed E-state index contributed by atoms with van der Waals surface area (Å²) in [5.74, 6) is 1.77. The van der Waals surface area contributed by atoms with Crippen LogP contribution in [0.15, 0.2) is 54.6 Å². The van der Waals surface area contributed by atoms with Gasteiger partial charge in [-0.3, -0.25) is 9.69 Å². The molecule has 1 N–H and O–H groups in total. The normalized spacial score (nSPS) is 15.8. The van der Waals surface area contributed by atoms with Crippen molar-refractivity contribution in [3.63, 3.8) is 0 Å². The second-order valence-electron chi connectivity index (χ2n) is 7.43. The number of sulfonamides is 1. The Balaban J connectivity index is 1.37. The molecule has 1 fully saturated rings. The van der Waals surface area contributed by atoms with Crippen molar-refractivity contribution in [2.24, 2.45) is 0 Å². The number of hydrogen-bond donors (Lipinski definition) is 1. The van der Waals surface area contributed by atoms with Crippen molar-refractivity contribution in [3.05, 3.63) is 71.3 Å². The van der Waals surface area contributed by atoms with Gasteiger partial charge in [-0.15, -0.1) is 0 Å². The Kier molecular flexibility index (Phi) is 8.32. The fourth-order valence-electron chi connectivity index (χ4n) is 3.34. The first-order chi connectivity index (χ1) is 14.4. The highest BCUT2D eigenvalue weighted by Crippen LogP contribution is 2.13. The third kappa shape index (κ3) is 7.12. The second-order valence-corrected chi connectivity index (χ2v) is 10.5. The monoisotopic (exact) mass is 447 g/mol. The minimum absolute atomic E-state index is 0.0522. The summed E-state index contributed by atoms with van der Waals surface area (Å²) in [6, 6.07) is 18.0. The second kappa shape index (κ2) is 10.9. The van der Waals surface area contributed by atoms with Crippen molar-refractivity contribution in [1.82, 2.24) is 14.5 Å². The first-order valence-corrected chi connectivity index (χ1v) is 13.1. The molecule has 1 aliphatic rings. The molecule has 0 atom stereocenters. The number of thioether (sulfide) groups is 1. The number of nitrogens with zero attached hydrogens (tertiary/aromatic N) is 2. The minimum Gasteiger partial charge on any atom is -0.351 e. The molecule has 1 heterocycles. The Hall–Kier alpha value is -1.87. The van der Waals surface area contributed by atoms with Gasteiger partial charge in [0, 0.05) is 56.3 Å². The van der Waals surface area contributed by atoms with Crippen LogP contribution < -0.4 is 5.32 Å². The van der Waals surface area contributed by atoms with Gasteiger partial charge in [0.25, 0.3) is 5.91 Å². The molecule has 2 aromatic rings. The number of benzene rings is 2. The smallest absolute Gasteiger partial charge is 0.251 e. The van der Waals surface area contributed by atoms with Gasteiger partial charge in [0.05, 0.1) is 6.26 Å². The molecule has 8 heteroatoms. The zero-order valence-corrected chi connectivity index (χ0v) is 18.9. The molecule has 0 spiro atoms. The van der Waals surface area contributed by atoms with Gasteiger partial charge in [-0.1, -0.05) is 42.5 Å². The number of piperazine rings is 1. The predicted octanol–water partition coefficient (Wildman–Crippen LogP) is 2.43. The molecule has 0 aliphatic carbocycles. The van der Waals surface area contributed by atoms with E-state index in [1.165, 1.54) is 16.1 Å². The zero-order chi connectivity index (χ0) is 21.4. The zero-order valence-electron chi connectivity index (χ0n) is 17.3. The first-order valence-electron chi connectivity index (χ1n) is 10.1. The third-order valence-electron chi connectivity index (χ3n) is 5.07. The van der Waals surface area contributed by atoms with Crippen LogP contribution in [0.3, 0.4) is 0 Å². The lowest BCUT2D eigenvalue weighted by Crippen LogP contribution is -2.47. The summed E-state index contributed by atoms with van der Waals surface area (Å²) in [4.78, 5) is 14.6. The van der Waals surface area contributed by atoms with Crippen molar-refractivity contribution in [3.8, 4) is 0 Å². The van der Waals surface area contributed by atoms with Gasteiger partial charge in [0.1, 0.15) is 0 Å². The highest BCUT2D eigenvalue weighted by atomic mass is 32.2. The Labute approximate surface area is 183 Å². The first kappa shape index (κ1) is 22.8. The maximum absolute atomic E-state index is 12.3. The summed E-state index contributed by atoms with van der Waals surface area (Å²) in [6.45, 7) is 3.90. The van der Waals surface area contributed by atoms with E-state index in [2.05, 4.69) is 22.3 Å². The largest absolute Gasteiger partial charge is 0.351 e. The number of nitrogens with one attached hydrogen (secondary N) is 1. The fourth-order valence-corrected chi connectivity index (χ4v) is 4.99. The average Bonchev–Trinajstić information content (AvgIpc) is 2.74. The minimum atomic E-state index is -3.10. The van der Waals surface area contributed by atoms with E-state index in [9.17, 15) is 13.2 Å². The molecule has 0 aromatic heterocycles. The van der Waals surface area contributed by atoms with E-state index in [1.807, 2.05) is 42.5 Å². The van der Waals surface area contributed by atoms with Crippen LogP contribution in [0.2, 0.25) is 0 Å². The van der Waals surface area contributed by atoms with Crippen LogP contribution in [-0.4, -0.2) is 68.3 Å². The molecule has 30 heavy (non-hydrogen) atoms. The van der Waals surface area contributed by atoms with Crippen LogP contribution in [0.4, 0.5) is 0 Å². The summed E-state index contributed by atoms with van der Waals surface area (Å²) in [6.07, 6.45) is 1.26. The molecule has 0 unspecified atom stereocenters. The lowest BCUT2D eigenvalue weighted by atomic mass is 10.1. The van der Waals surface area contributed by atoms with Crippen molar-refractivity contribution >= 4 is 27.7 Å². The van der Waals surface area contributed by atoms with E-state index in [0.717, 1.165) is 36.7 Å². The van der Waals surface area contributed by atoms with Crippen molar-refractivity contribution in [2.75, 3.05) is 44.7 Å². The molecule has 0 bridgehead atoms. The van der Waals surface area contributed by atoms with Crippen molar-refractivity contribution in [2.45, 2.75) is 12.3 Å². The number of hydrogen-bond acceptors (Lipinski definition) is 5. The average molecular weight is 448 g/mol. The van der Waals surface area contributed by atoms with Crippen LogP contribution in [-0.2, 0) is 22.3 Å². The molecular formula is C22H29N3O3S2. The maximum Gasteiger partial charge on any atom is 0.251 e. The number of carbonyl (C=O) groups is 1. The highest BCUT2D eigenvalue weighted by Gasteiger charge is 2.23. The molecule has 2 aromatic carbocycles. The summed E-state index contributed by atoms with van der Waals surface area (Å²) < 4.78 is 24.7. The SMILES string of the molecule is CS(=O)(=O)N1CCN(Cc2ccc(C(=O)NCCSCc3ccccc3)cc2)CC1. The predicted molar refractivity (Wildman–Crippen MR) is 123 cm³/mol. The highest BCUT2D eigenvalue weighted by molar-refractivity contribution is 7.98. The molecule has 1 amide bonds. The van der Waals surface area contributed by atoms with Gasteiger partial charge in [0.15, 0.2) is 0 Å². The lowest BCUT2D eigenvalue weighted by molar-refractivity contribution is 0.0956. The number of carbonyl (C=O) groups excluding carboxylic acids is 1. The van der Waals surface area contributed by atoms with Crippen LogP contribution in [0.5, 0.6) is 0 Å². The van der Waals surface area contributed by atoms with Crippen LogP contribution in [0.25, 0.3) is 0 Å². The lowest BCUT2D eigenvalue weighted by Gasteiger charge is -2.33. The summed E-state index contributed by atoms with van der Waals surface area (Å²) >= 11 is 1.81. The number of rotatable bonds is 9. The van der Waals surface area contributed by atoms with Gasteiger partial charge < -0.3 is 5.32 Å². The third-order valence-corrected chi connectivity index (χ3v) is 7.40. The molecule has 162 valence electrons. The van der Waals surface area contributed by atoms with Gasteiger partial charge in [-0.25, -0.2) is 8.42 Å². The Morgan fingerprint density at radius 2 is 1.63 bits per heavy atom. The maximum atomic E-state index is 12.3. The van der Waals surface area contributed by atoms with E-state index < -0.39 is 10.0 Å². The van der Waals surface area contributed by atoms with Gasteiger partial charge in [-0.05, 0) is 23.3 Å². The van der Waals surface area contributed by atoms with Crippen molar-refractivity contribution < 1.29 is 13.2 Å². The Bertz CT molecular complexity index is 910. The molecule has 0 saturated carbocycles. The van der Waals surface area contributed by atoms with E-state index in [4.69, 9.17) is 0 Å².